The average molecular weight is 402 g/mol. The number of benzene rings is 1. The lowest BCUT2D eigenvalue weighted by atomic mass is 10.1. The highest BCUT2D eigenvalue weighted by molar-refractivity contribution is 7.91. The minimum absolute atomic E-state index is 0.0788. The van der Waals surface area contributed by atoms with Crippen LogP contribution in [0.1, 0.15) is 16.1 Å². The number of para-hydroxylation sites is 1. The Labute approximate surface area is 162 Å². The van der Waals surface area contributed by atoms with Crippen LogP contribution in [0.4, 0.5) is 0 Å². The van der Waals surface area contributed by atoms with E-state index in [9.17, 15) is 13.2 Å². The molecule has 0 saturated carbocycles. The Morgan fingerprint density at radius 3 is 2.52 bits per heavy atom. The fourth-order valence-corrected chi connectivity index (χ4v) is 5.89. The SMILES string of the molecule is Cc1cc(C(=O)N2CCN(S(=O)(=O)c3cccs3)CC2)c2ccccc2n1. The van der Waals surface area contributed by atoms with Crippen LogP contribution in [0.25, 0.3) is 10.9 Å². The first kappa shape index (κ1) is 18.1. The molecule has 0 radical (unpaired) electrons. The molecule has 2 aromatic heterocycles. The van der Waals surface area contributed by atoms with Gasteiger partial charge in [-0.2, -0.15) is 4.31 Å². The number of aromatic nitrogens is 1. The third kappa shape index (κ3) is 3.36. The summed E-state index contributed by atoms with van der Waals surface area (Å²) in [7, 11) is -3.47. The van der Waals surface area contributed by atoms with Gasteiger partial charge in [0.15, 0.2) is 0 Å². The molecule has 1 amide bonds. The van der Waals surface area contributed by atoms with E-state index < -0.39 is 10.0 Å². The molecule has 1 aliphatic rings. The third-order valence-electron chi connectivity index (χ3n) is 4.69. The van der Waals surface area contributed by atoms with Crippen molar-refractivity contribution in [1.29, 1.82) is 0 Å². The Bertz CT molecular complexity index is 1090. The normalized spacial score (nSPS) is 16.0. The predicted octanol–water partition coefficient (Wildman–Crippen LogP) is 2.75. The summed E-state index contributed by atoms with van der Waals surface area (Å²) in [4.78, 5) is 19.3. The van der Waals surface area contributed by atoms with Crippen molar-refractivity contribution in [2.75, 3.05) is 26.2 Å². The van der Waals surface area contributed by atoms with Crippen LogP contribution in [-0.4, -0.2) is 54.7 Å². The number of amides is 1. The Hall–Kier alpha value is -2.29. The number of carbonyl (C=O) groups excluding carboxylic acids is 1. The Morgan fingerprint density at radius 1 is 1.07 bits per heavy atom. The van der Waals surface area contributed by atoms with Gasteiger partial charge in [-0.1, -0.05) is 24.3 Å². The van der Waals surface area contributed by atoms with E-state index >= 15 is 0 Å². The molecule has 0 unspecified atom stereocenters. The maximum Gasteiger partial charge on any atom is 0.254 e. The number of fused-ring (bicyclic) bond motifs is 1. The van der Waals surface area contributed by atoms with Crippen LogP contribution in [-0.2, 0) is 10.0 Å². The number of rotatable bonds is 3. The number of thiophene rings is 1. The van der Waals surface area contributed by atoms with Crippen LogP contribution in [0, 0.1) is 6.92 Å². The van der Waals surface area contributed by atoms with Crippen molar-refractivity contribution in [3.05, 3.63) is 59.1 Å². The van der Waals surface area contributed by atoms with Crippen molar-refractivity contribution in [3.8, 4) is 0 Å². The molecule has 3 aromatic rings. The zero-order valence-electron chi connectivity index (χ0n) is 14.8. The van der Waals surface area contributed by atoms with E-state index in [2.05, 4.69) is 4.98 Å². The van der Waals surface area contributed by atoms with Crippen LogP contribution in [0.15, 0.2) is 52.1 Å². The molecule has 0 N–H and O–H groups in total. The van der Waals surface area contributed by atoms with Gasteiger partial charge in [-0.15, -0.1) is 11.3 Å². The van der Waals surface area contributed by atoms with Gasteiger partial charge in [-0.3, -0.25) is 9.78 Å². The van der Waals surface area contributed by atoms with Crippen LogP contribution in [0.5, 0.6) is 0 Å². The lowest BCUT2D eigenvalue weighted by Gasteiger charge is -2.34. The highest BCUT2D eigenvalue weighted by Crippen LogP contribution is 2.24. The van der Waals surface area contributed by atoms with E-state index in [1.165, 1.54) is 15.6 Å². The average Bonchev–Trinajstić information content (AvgIpc) is 3.22. The van der Waals surface area contributed by atoms with E-state index in [1.807, 2.05) is 31.2 Å². The van der Waals surface area contributed by atoms with Crippen LogP contribution < -0.4 is 0 Å². The molecule has 27 heavy (non-hydrogen) atoms. The third-order valence-corrected chi connectivity index (χ3v) is 7.96. The molecule has 1 aliphatic heterocycles. The highest BCUT2D eigenvalue weighted by Gasteiger charge is 2.31. The first-order chi connectivity index (χ1) is 13.0. The fourth-order valence-electron chi connectivity index (χ4n) is 3.32. The van der Waals surface area contributed by atoms with E-state index in [0.717, 1.165) is 16.6 Å². The van der Waals surface area contributed by atoms with Crippen molar-refractivity contribution in [2.24, 2.45) is 0 Å². The molecule has 0 atom stereocenters. The van der Waals surface area contributed by atoms with E-state index in [-0.39, 0.29) is 5.91 Å². The second kappa shape index (κ2) is 7.03. The topological polar surface area (TPSA) is 70.6 Å². The largest absolute Gasteiger partial charge is 0.336 e. The predicted molar refractivity (Wildman–Crippen MR) is 105 cm³/mol. The molecule has 3 heterocycles. The second-order valence-corrected chi connectivity index (χ2v) is 9.57. The van der Waals surface area contributed by atoms with Crippen molar-refractivity contribution in [2.45, 2.75) is 11.1 Å². The molecule has 0 spiro atoms. The molecule has 140 valence electrons. The molecule has 1 aromatic carbocycles. The van der Waals surface area contributed by atoms with Gasteiger partial charge in [-0.25, -0.2) is 8.42 Å². The standard InChI is InChI=1S/C19H19N3O3S2/c1-14-13-16(15-5-2-3-6-17(15)20-14)19(23)21-8-10-22(11-9-21)27(24,25)18-7-4-12-26-18/h2-7,12-13H,8-11H2,1H3. The minimum atomic E-state index is -3.47. The van der Waals surface area contributed by atoms with Crippen LogP contribution >= 0.6 is 11.3 Å². The molecular weight excluding hydrogens is 382 g/mol. The number of sulfonamides is 1. The molecule has 0 bridgehead atoms. The van der Waals surface area contributed by atoms with Gasteiger partial charge in [0, 0.05) is 37.3 Å². The summed E-state index contributed by atoms with van der Waals surface area (Å²) in [6.45, 7) is 3.22. The van der Waals surface area contributed by atoms with Crippen molar-refractivity contribution >= 4 is 38.2 Å². The summed E-state index contributed by atoms with van der Waals surface area (Å²) in [5, 5.41) is 2.57. The van der Waals surface area contributed by atoms with Crippen LogP contribution in [0.2, 0.25) is 0 Å². The Balaban J connectivity index is 1.55. The Morgan fingerprint density at radius 2 is 1.81 bits per heavy atom. The number of nitrogens with zero attached hydrogens (tertiary/aromatic N) is 3. The summed E-state index contributed by atoms with van der Waals surface area (Å²) in [5.41, 5.74) is 2.20. The first-order valence-corrected chi connectivity index (χ1v) is 11.0. The first-order valence-electron chi connectivity index (χ1n) is 8.66. The van der Waals surface area contributed by atoms with Crippen molar-refractivity contribution in [1.82, 2.24) is 14.2 Å². The van der Waals surface area contributed by atoms with Gasteiger partial charge in [0.25, 0.3) is 15.9 Å². The number of piperazine rings is 1. The molecular formula is C19H19N3O3S2. The smallest absolute Gasteiger partial charge is 0.254 e. The highest BCUT2D eigenvalue weighted by atomic mass is 32.2. The lowest BCUT2D eigenvalue weighted by molar-refractivity contribution is 0.0700. The molecule has 8 heteroatoms. The van der Waals surface area contributed by atoms with E-state index in [0.29, 0.717) is 36.0 Å². The maximum atomic E-state index is 13.1. The van der Waals surface area contributed by atoms with Gasteiger partial charge < -0.3 is 4.90 Å². The zero-order chi connectivity index (χ0) is 19.0. The number of pyridine rings is 1. The fraction of sp³-hybridized carbons (Fsp3) is 0.263. The molecule has 4 rings (SSSR count). The van der Waals surface area contributed by atoms with Crippen molar-refractivity contribution in [3.63, 3.8) is 0 Å². The summed E-state index contributed by atoms with van der Waals surface area (Å²) >= 11 is 1.21. The Kier molecular flexibility index (Phi) is 4.71. The molecule has 1 saturated heterocycles. The van der Waals surface area contributed by atoms with Gasteiger partial charge in [0.05, 0.1) is 11.1 Å². The molecule has 6 nitrogen and oxygen atoms in total. The van der Waals surface area contributed by atoms with Crippen molar-refractivity contribution < 1.29 is 13.2 Å². The van der Waals surface area contributed by atoms with E-state index in [4.69, 9.17) is 0 Å². The van der Waals surface area contributed by atoms with E-state index in [1.54, 1.807) is 28.5 Å². The lowest BCUT2D eigenvalue weighted by Crippen LogP contribution is -2.50. The maximum absolute atomic E-state index is 13.1. The zero-order valence-corrected chi connectivity index (χ0v) is 16.5. The van der Waals surface area contributed by atoms with Gasteiger partial charge in [-0.05, 0) is 30.5 Å². The van der Waals surface area contributed by atoms with Gasteiger partial charge in [0.1, 0.15) is 4.21 Å². The summed E-state index contributed by atoms with van der Waals surface area (Å²) in [5.74, 6) is -0.0788. The number of aryl methyl sites for hydroxylation is 1. The van der Waals surface area contributed by atoms with Crippen LogP contribution in [0.3, 0.4) is 0 Å². The summed E-state index contributed by atoms with van der Waals surface area (Å²) < 4.78 is 27.1. The van der Waals surface area contributed by atoms with Gasteiger partial charge in [0.2, 0.25) is 0 Å². The summed E-state index contributed by atoms with van der Waals surface area (Å²) in [6, 6.07) is 12.7. The molecule has 1 fully saturated rings. The second-order valence-electron chi connectivity index (χ2n) is 6.46. The number of carbonyl (C=O) groups is 1. The monoisotopic (exact) mass is 401 g/mol. The minimum Gasteiger partial charge on any atom is -0.336 e. The number of hydrogen-bond acceptors (Lipinski definition) is 5. The molecule has 0 aliphatic carbocycles. The summed E-state index contributed by atoms with van der Waals surface area (Å²) in [6.07, 6.45) is 0. The quantitative estimate of drug-likeness (QED) is 0.677. The van der Waals surface area contributed by atoms with Gasteiger partial charge >= 0.3 is 0 Å². The number of hydrogen-bond donors (Lipinski definition) is 0.